The maximum Gasteiger partial charge on any atom is 0.356 e. The maximum atomic E-state index is 10.9. The van der Waals surface area contributed by atoms with E-state index in [9.17, 15) is 4.79 Å². The molecule has 0 radical (unpaired) electrons. The van der Waals surface area contributed by atoms with E-state index in [0.717, 1.165) is 9.92 Å². The van der Waals surface area contributed by atoms with Gasteiger partial charge in [-0.05, 0) is 25.1 Å². The number of hydrogen-bond donors (Lipinski definition) is 1. The molecule has 3 rings (SSSR count). The molecule has 2 aromatic heterocycles. The fourth-order valence-corrected chi connectivity index (χ4v) is 2.58. The van der Waals surface area contributed by atoms with Gasteiger partial charge in [0.15, 0.2) is 11.5 Å². The number of hydrogen-bond acceptors (Lipinski definition) is 5. The van der Waals surface area contributed by atoms with Gasteiger partial charge in [0.1, 0.15) is 11.4 Å². The van der Waals surface area contributed by atoms with Crippen molar-refractivity contribution in [2.24, 2.45) is 0 Å². The summed E-state index contributed by atoms with van der Waals surface area (Å²) in [7, 11) is 0. The molecule has 2 heterocycles. The molecule has 0 aliphatic rings. The summed E-state index contributed by atoms with van der Waals surface area (Å²) in [4.78, 5) is 20.3. The molecule has 6 nitrogen and oxygen atoms in total. The van der Waals surface area contributed by atoms with E-state index in [1.807, 2.05) is 31.2 Å². The highest BCUT2D eigenvalue weighted by Crippen LogP contribution is 2.26. The summed E-state index contributed by atoms with van der Waals surface area (Å²) in [5, 5.41) is 13.6. The minimum Gasteiger partial charge on any atom is -0.476 e. The van der Waals surface area contributed by atoms with Crippen LogP contribution >= 0.6 is 11.8 Å². The third-order valence-electron chi connectivity index (χ3n) is 2.91. The van der Waals surface area contributed by atoms with Crippen molar-refractivity contribution in [2.45, 2.75) is 16.8 Å². The van der Waals surface area contributed by atoms with Crippen LogP contribution in [0.15, 0.2) is 58.8 Å². The maximum absolute atomic E-state index is 10.9. The Bertz CT molecular complexity index is 814. The second-order valence-electron chi connectivity index (χ2n) is 4.58. The van der Waals surface area contributed by atoms with E-state index in [4.69, 9.17) is 5.11 Å². The molecule has 0 spiro atoms. The topological polar surface area (TPSA) is 80.9 Å². The predicted octanol–water partition coefficient (Wildman–Crippen LogP) is 2.82. The molecular weight excluding hydrogens is 300 g/mol. The molecule has 0 aliphatic carbocycles. The summed E-state index contributed by atoms with van der Waals surface area (Å²) in [6.45, 7) is 2.04. The Hall–Kier alpha value is -2.67. The second-order valence-corrected chi connectivity index (χ2v) is 5.67. The number of rotatable bonds is 4. The number of benzene rings is 1. The van der Waals surface area contributed by atoms with Crippen molar-refractivity contribution in [2.75, 3.05) is 0 Å². The van der Waals surface area contributed by atoms with E-state index in [2.05, 4.69) is 15.1 Å². The van der Waals surface area contributed by atoms with Crippen molar-refractivity contribution in [1.29, 1.82) is 0 Å². The lowest BCUT2D eigenvalue weighted by molar-refractivity contribution is 0.0690. The highest BCUT2D eigenvalue weighted by atomic mass is 32.2. The molecule has 0 fully saturated rings. The molecule has 0 bridgehead atoms. The van der Waals surface area contributed by atoms with Crippen molar-refractivity contribution < 1.29 is 9.90 Å². The Morgan fingerprint density at radius 2 is 1.95 bits per heavy atom. The van der Waals surface area contributed by atoms with E-state index in [1.54, 1.807) is 12.3 Å². The predicted molar refractivity (Wildman–Crippen MR) is 81.4 cm³/mol. The van der Waals surface area contributed by atoms with E-state index in [-0.39, 0.29) is 5.69 Å². The third-order valence-corrected chi connectivity index (χ3v) is 3.85. The van der Waals surface area contributed by atoms with Crippen molar-refractivity contribution in [3.63, 3.8) is 0 Å². The van der Waals surface area contributed by atoms with Crippen LogP contribution in [0.5, 0.6) is 0 Å². The van der Waals surface area contributed by atoms with Crippen LogP contribution in [0.25, 0.3) is 5.82 Å². The molecule has 110 valence electrons. The number of aryl methyl sites for hydroxylation is 1. The average Bonchev–Trinajstić information content (AvgIpc) is 3.00. The Balaban J connectivity index is 1.85. The summed E-state index contributed by atoms with van der Waals surface area (Å²) in [5.74, 6) is -0.542. The number of nitrogens with zero attached hydrogens (tertiary/aromatic N) is 4. The van der Waals surface area contributed by atoms with Gasteiger partial charge in [-0.15, -0.1) is 0 Å². The van der Waals surface area contributed by atoms with Crippen molar-refractivity contribution in [3.8, 4) is 5.82 Å². The Morgan fingerprint density at radius 1 is 1.18 bits per heavy atom. The minimum absolute atomic E-state index is 0.0219. The molecular formula is C15H12N4O2S. The average molecular weight is 312 g/mol. The van der Waals surface area contributed by atoms with Gasteiger partial charge < -0.3 is 5.11 Å². The highest BCUT2D eigenvalue weighted by Gasteiger charge is 2.09. The van der Waals surface area contributed by atoms with E-state index < -0.39 is 5.97 Å². The van der Waals surface area contributed by atoms with Crippen LogP contribution in [0.2, 0.25) is 0 Å². The van der Waals surface area contributed by atoms with Crippen LogP contribution in [0.1, 0.15) is 16.1 Å². The normalized spacial score (nSPS) is 10.6. The first kappa shape index (κ1) is 14.3. The van der Waals surface area contributed by atoms with Gasteiger partial charge in [-0.25, -0.2) is 19.4 Å². The molecule has 3 aromatic rings. The Kier molecular flexibility index (Phi) is 3.88. The molecule has 22 heavy (non-hydrogen) atoms. The summed E-state index contributed by atoms with van der Waals surface area (Å²) in [5.41, 5.74) is 1.18. The van der Waals surface area contributed by atoms with Gasteiger partial charge >= 0.3 is 5.97 Å². The van der Waals surface area contributed by atoms with E-state index in [1.165, 1.54) is 34.4 Å². The van der Waals surface area contributed by atoms with Crippen molar-refractivity contribution in [1.82, 2.24) is 19.7 Å². The van der Waals surface area contributed by atoms with Gasteiger partial charge in [-0.2, -0.15) is 5.10 Å². The Morgan fingerprint density at radius 3 is 2.64 bits per heavy atom. The highest BCUT2D eigenvalue weighted by molar-refractivity contribution is 7.99. The molecule has 0 aliphatic heterocycles. The van der Waals surface area contributed by atoms with Crippen molar-refractivity contribution >= 4 is 17.7 Å². The minimum atomic E-state index is -1.07. The SMILES string of the molecule is Cc1ccc(Sc2cc(-n3ccc(C(=O)O)n3)ncn2)cc1. The fraction of sp³-hybridized carbons (Fsp3) is 0.0667. The van der Waals surface area contributed by atoms with Gasteiger partial charge in [0, 0.05) is 17.2 Å². The van der Waals surface area contributed by atoms with E-state index in [0.29, 0.717) is 5.82 Å². The monoisotopic (exact) mass is 312 g/mol. The van der Waals surface area contributed by atoms with E-state index >= 15 is 0 Å². The molecule has 0 saturated heterocycles. The second kappa shape index (κ2) is 5.98. The lowest BCUT2D eigenvalue weighted by Crippen LogP contribution is -2.03. The quantitative estimate of drug-likeness (QED) is 0.746. The lowest BCUT2D eigenvalue weighted by atomic mass is 10.2. The third kappa shape index (κ3) is 3.15. The van der Waals surface area contributed by atoms with Gasteiger partial charge in [-0.1, -0.05) is 29.5 Å². The van der Waals surface area contributed by atoms with Gasteiger partial charge in [-0.3, -0.25) is 0 Å². The number of carboxylic acids is 1. The lowest BCUT2D eigenvalue weighted by Gasteiger charge is -2.04. The van der Waals surface area contributed by atoms with Crippen LogP contribution in [0.4, 0.5) is 0 Å². The standard InChI is InChI=1S/C15H12N4O2S/c1-10-2-4-11(5-3-10)22-14-8-13(16-9-17-14)19-7-6-12(18-19)15(20)21/h2-9H,1H3,(H,20,21). The van der Waals surface area contributed by atoms with Crippen LogP contribution < -0.4 is 0 Å². The molecule has 7 heteroatoms. The zero-order chi connectivity index (χ0) is 15.5. The molecule has 0 unspecified atom stereocenters. The molecule has 1 N–H and O–H groups in total. The number of aromatic carboxylic acids is 1. The first-order chi connectivity index (χ1) is 10.6. The van der Waals surface area contributed by atoms with Crippen molar-refractivity contribution in [3.05, 3.63) is 60.2 Å². The molecule has 0 amide bonds. The summed E-state index contributed by atoms with van der Waals surface area (Å²) in [6.07, 6.45) is 3.00. The first-order valence-electron chi connectivity index (χ1n) is 6.48. The van der Waals surface area contributed by atoms with Gasteiger partial charge in [0.2, 0.25) is 0 Å². The van der Waals surface area contributed by atoms with Crippen LogP contribution in [-0.2, 0) is 0 Å². The molecule has 0 atom stereocenters. The van der Waals surface area contributed by atoms with Gasteiger partial charge in [0.05, 0.1) is 0 Å². The summed E-state index contributed by atoms with van der Waals surface area (Å²) >= 11 is 1.51. The zero-order valence-electron chi connectivity index (χ0n) is 11.7. The summed E-state index contributed by atoms with van der Waals surface area (Å²) < 4.78 is 1.42. The smallest absolute Gasteiger partial charge is 0.356 e. The van der Waals surface area contributed by atoms with Crippen LogP contribution in [-0.4, -0.2) is 30.8 Å². The number of carboxylic acid groups (broad SMARTS) is 1. The first-order valence-corrected chi connectivity index (χ1v) is 7.29. The number of carbonyl (C=O) groups is 1. The fourth-order valence-electron chi connectivity index (χ4n) is 1.80. The zero-order valence-corrected chi connectivity index (χ0v) is 12.5. The van der Waals surface area contributed by atoms with Gasteiger partial charge in [0.25, 0.3) is 0 Å². The number of aromatic nitrogens is 4. The largest absolute Gasteiger partial charge is 0.476 e. The van der Waals surface area contributed by atoms with Crippen LogP contribution in [0.3, 0.4) is 0 Å². The molecule has 0 saturated carbocycles. The summed E-state index contributed by atoms with van der Waals surface area (Å²) in [6, 6.07) is 11.3. The van der Waals surface area contributed by atoms with Crippen LogP contribution in [0, 0.1) is 6.92 Å². The Labute approximate surface area is 130 Å². The molecule has 1 aromatic carbocycles.